The second kappa shape index (κ2) is 8.67. The number of amides is 1. The average molecular weight is 447 g/mol. The summed E-state index contributed by atoms with van der Waals surface area (Å²) in [6, 6.07) is 14.1. The Hall–Kier alpha value is -3.32. The highest BCUT2D eigenvalue weighted by Gasteiger charge is 2.29. The van der Waals surface area contributed by atoms with Gasteiger partial charge in [0, 0.05) is 42.3 Å². The van der Waals surface area contributed by atoms with Crippen molar-refractivity contribution >= 4 is 17.2 Å². The first-order valence-corrected chi connectivity index (χ1v) is 11.6. The molecule has 7 heteroatoms. The molecule has 32 heavy (non-hydrogen) atoms. The summed E-state index contributed by atoms with van der Waals surface area (Å²) in [5.74, 6) is -0.0737. The van der Waals surface area contributed by atoms with E-state index in [4.69, 9.17) is 5.10 Å². The molecule has 1 unspecified atom stereocenters. The van der Waals surface area contributed by atoms with Crippen LogP contribution < -0.4 is 0 Å². The lowest BCUT2D eigenvalue weighted by molar-refractivity contribution is 0.0708. The maximum absolute atomic E-state index is 13.7. The zero-order valence-corrected chi connectivity index (χ0v) is 18.6. The Labute approximate surface area is 190 Å². The molecular weight excluding hydrogens is 423 g/mol. The van der Waals surface area contributed by atoms with Crippen LogP contribution in [0.4, 0.5) is 4.39 Å². The lowest BCUT2D eigenvalue weighted by Gasteiger charge is -2.31. The minimum Gasteiger partial charge on any atom is -0.338 e. The summed E-state index contributed by atoms with van der Waals surface area (Å²) >= 11 is 1.65. The fraction of sp³-hybridized carbons (Fsp3) is 0.240. The van der Waals surface area contributed by atoms with E-state index in [0.29, 0.717) is 23.5 Å². The van der Waals surface area contributed by atoms with Gasteiger partial charge in [0.05, 0.1) is 16.3 Å². The van der Waals surface area contributed by atoms with Crippen LogP contribution in [-0.2, 0) is 0 Å². The Balaban J connectivity index is 1.51. The predicted octanol–water partition coefficient (Wildman–Crippen LogP) is 5.46. The highest BCUT2D eigenvalue weighted by Crippen LogP contribution is 2.31. The maximum Gasteiger partial charge on any atom is 0.257 e. The van der Waals surface area contributed by atoms with Crippen LogP contribution in [0.1, 0.15) is 39.7 Å². The number of hydrogen-bond donors (Lipinski definition) is 0. The first-order chi connectivity index (χ1) is 15.6. The molecule has 0 aliphatic carbocycles. The van der Waals surface area contributed by atoms with Gasteiger partial charge in [0.2, 0.25) is 0 Å². The molecule has 1 aliphatic rings. The smallest absolute Gasteiger partial charge is 0.257 e. The highest BCUT2D eigenvalue weighted by molar-refractivity contribution is 7.09. The van der Waals surface area contributed by atoms with Crippen LogP contribution >= 0.6 is 11.3 Å². The highest BCUT2D eigenvalue weighted by atomic mass is 32.1. The van der Waals surface area contributed by atoms with Crippen molar-refractivity contribution in [3.63, 3.8) is 0 Å². The van der Waals surface area contributed by atoms with Crippen LogP contribution in [0.15, 0.2) is 66.3 Å². The fourth-order valence-electron chi connectivity index (χ4n) is 4.15. The van der Waals surface area contributed by atoms with Gasteiger partial charge in [0.25, 0.3) is 5.91 Å². The number of aromatic nitrogens is 3. The quantitative estimate of drug-likeness (QED) is 0.418. The van der Waals surface area contributed by atoms with Gasteiger partial charge in [-0.05, 0) is 44.0 Å². The number of benzene rings is 2. The molecule has 2 aromatic heterocycles. The molecule has 1 aliphatic heterocycles. The Bertz CT molecular complexity index is 1220. The van der Waals surface area contributed by atoms with Crippen molar-refractivity contribution in [3.05, 3.63) is 88.3 Å². The number of piperidine rings is 1. The minimum atomic E-state index is -0.308. The molecule has 3 heterocycles. The van der Waals surface area contributed by atoms with E-state index in [1.807, 2.05) is 47.7 Å². The Morgan fingerprint density at radius 3 is 2.62 bits per heavy atom. The average Bonchev–Trinajstić information content (AvgIpc) is 3.51. The Kier molecular flexibility index (Phi) is 5.57. The minimum absolute atomic E-state index is 0.0322. The molecule has 0 saturated carbocycles. The van der Waals surface area contributed by atoms with Gasteiger partial charge in [-0.15, -0.1) is 11.3 Å². The fourth-order valence-corrected chi connectivity index (χ4v) is 4.92. The topological polar surface area (TPSA) is 51.0 Å². The van der Waals surface area contributed by atoms with Gasteiger partial charge < -0.3 is 4.90 Å². The van der Waals surface area contributed by atoms with Gasteiger partial charge >= 0.3 is 0 Å². The molecule has 1 amide bonds. The lowest BCUT2D eigenvalue weighted by Crippen LogP contribution is -2.39. The second-order valence-electron chi connectivity index (χ2n) is 8.14. The van der Waals surface area contributed by atoms with E-state index >= 15 is 0 Å². The molecule has 2 aromatic carbocycles. The molecular formula is C25H23FN4OS. The summed E-state index contributed by atoms with van der Waals surface area (Å²) in [6.45, 7) is 3.40. The standard InChI is InChI=1S/C25H23FN4OS/c1-17-4-6-18(7-5-17)23-22(16-30(28-23)21-10-8-20(26)9-11-21)25(31)29-13-2-3-19(15-29)24-27-12-14-32-24/h4-12,14,16,19H,2-3,13,15H2,1H3. The van der Waals surface area contributed by atoms with E-state index in [1.54, 1.807) is 34.3 Å². The maximum atomic E-state index is 13.7. The second-order valence-corrected chi connectivity index (χ2v) is 9.07. The summed E-state index contributed by atoms with van der Waals surface area (Å²) in [6.07, 6.45) is 5.57. The van der Waals surface area contributed by atoms with Crippen molar-refractivity contribution in [3.8, 4) is 16.9 Å². The molecule has 5 nitrogen and oxygen atoms in total. The largest absolute Gasteiger partial charge is 0.338 e. The normalized spacial score (nSPS) is 16.3. The number of carbonyl (C=O) groups excluding carboxylic acids is 1. The van der Waals surface area contributed by atoms with Gasteiger partial charge in [0.1, 0.15) is 11.5 Å². The SMILES string of the molecule is Cc1ccc(-c2nn(-c3ccc(F)cc3)cc2C(=O)N2CCCC(c3nccs3)C2)cc1. The van der Waals surface area contributed by atoms with Crippen molar-refractivity contribution in [1.82, 2.24) is 19.7 Å². The number of hydrogen-bond acceptors (Lipinski definition) is 4. The van der Waals surface area contributed by atoms with Gasteiger partial charge in [-0.25, -0.2) is 14.1 Å². The molecule has 0 radical (unpaired) electrons. The third kappa shape index (κ3) is 4.08. The van der Waals surface area contributed by atoms with Gasteiger partial charge in [0.15, 0.2) is 0 Å². The summed E-state index contributed by atoms with van der Waals surface area (Å²) in [7, 11) is 0. The molecule has 1 atom stereocenters. The van der Waals surface area contributed by atoms with Crippen molar-refractivity contribution < 1.29 is 9.18 Å². The van der Waals surface area contributed by atoms with Crippen molar-refractivity contribution in [2.24, 2.45) is 0 Å². The van der Waals surface area contributed by atoms with Gasteiger partial charge in [-0.2, -0.15) is 5.10 Å². The molecule has 5 rings (SSSR count). The molecule has 0 bridgehead atoms. The van der Waals surface area contributed by atoms with Crippen LogP contribution in [0.5, 0.6) is 0 Å². The van der Waals surface area contributed by atoms with E-state index < -0.39 is 0 Å². The summed E-state index contributed by atoms with van der Waals surface area (Å²) in [4.78, 5) is 20.1. The van der Waals surface area contributed by atoms with E-state index in [9.17, 15) is 9.18 Å². The molecule has 0 N–H and O–H groups in total. The first kappa shape index (κ1) is 20.6. The number of halogens is 1. The van der Waals surface area contributed by atoms with E-state index in [1.165, 1.54) is 12.1 Å². The van der Waals surface area contributed by atoms with Crippen LogP contribution in [0.3, 0.4) is 0 Å². The Morgan fingerprint density at radius 2 is 1.91 bits per heavy atom. The van der Waals surface area contributed by atoms with Gasteiger partial charge in [-0.1, -0.05) is 29.8 Å². The number of thiazole rings is 1. The third-order valence-electron chi connectivity index (χ3n) is 5.87. The van der Waals surface area contributed by atoms with Crippen molar-refractivity contribution in [2.45, 2.75) is 25.7 Å². The molecule has 162 valence electrons. The van der Waals surface area contributed by atoms with Crippen LogP contribution in [-0.4, -0.2) is 38.7 Å². The molecule has 1 fully saturated rings. The third-order valence-corrected chi connectivity index (χ3v) is 6.81. The Morgan fingerprint density at radius 1 is 1.12 bits per heavy atom. The molecule has 4 aromatic rings. The van der Waals surface area contributed by atoms with E-state index in [2.05, 4.69) is 4.98 Å². The zero-order chi connectivity index (χ0) is 22.1. The van der Waals surface area contributed by atoms with Gasteiger partial charge in [-0.3, -0.25) is 4.79 Å². The number of aryl methyl sites for hydroxylation is 1. The summed E-state index contributed by atoms with van der Waals surface area (Å²) in [5.41, 5.74) is 3.92. The number of nitrogens with zero attached hydrogens (tertiary/aromatic N) is 4. The summed E-state index contributed by atoms with van der Waals surface area (Å²) < 4.78 is 15.1. The first-order valence-electron chi connectivity index (χ1n) is 10.7. The van der Waals surface area contributed by atoms with Crippen molar-refractivity contribution in [1.29, 1.82) is 0 Å². The van der Waals surface area contributed by atoms with E-state index in [0.717, 1.165) is 35.5 Å². The molecule has 0 spiro atoms. The lowest BCUT2D eigenvalue weighted by atomic mass is 9.97. The number of rotatable bonds is 4. The zero-order valence-electron chi connectivity index (χ0n) is 17.7. The number of carbonyl (C=O) groups is 1. The van der Waals surface area contributed by atoms with Crippen LogP contribution in [0, 0.1) is 12.7 Å². The van der Waals surface area contributed by atoms with Crippen LogP contribution in [0.2, 0.25) is 0 Å². The molecule has 1 saturated heterocycles. The predicted molar refractivity (Wildman–Crippen MR) is 124 cm³/mol. The van der Waals surface area contributed by atoms with Crippen LogP contribution in [0.25, 0.3) is 16.9 Å². The van der Waals surface area contributed by atoms with Crippen molar-refractivity contribution in [2.75, 3.05) is 13.1 Å². The monoisotopic (exact) mass is 446 g/mol. The summed E-state index contributed by atoms with van der Waals surface area (Å²) in [5, 5.41) is 7.80. The number of likely N-dealkylation sites (tertiary alicyclic amines) is 1. The van der Waals surface area contributed by atoms with E-state index in [-0.39, 0.29) is 17.6 Å².